The van der Waals surface area contributed by atoms with E-state index in [1.165, 1.54) is 24.3 Å². The van der Waals surface area contributed by atoms with Crippen LogP contribution in [0.15, 0.2) is 182 Å². The molecule has 0 saturated carbocycles. The van der Waals surface area contributed by atoms with Crippen molar-refractivity contribution in [1.82, 2.24) is 0 Å². The molecule has 0 fully saturated rings. The van der Waals surface area contributed by atoms with Crippen LogP contribution in [0.3, 0.4) is 0 Å². The number of fused-ring (bicyclic) bond motifs is 2. The average molecular weight is 927 g/mol. The molecule has 12 heteroatoms. The third-order valence-electron chi connectivity index (χ3n) is 12.1. The second-order valence-electron chi connectivity index (χ2n) is 16.1. The fourth-order valence-corrected chi connectivity index (χ4v) is 8.61. The average Bonchev–Trinajstić information content (AvgIpc) is 3.40. The topological polar surface area (TPSA) is 130 Å². The number of benzene rings is 9. The minimum atomic E-state index is -0.527. The van der Waals surface area contributed by atoms with Crippen LogP contribution in [0.25, 0.3) is 45.8 Å². The molecule has 0 aliphatic rings. The Morgan fingerprint density at radius 1 is 0.386 bits per heavy atom. The van der Waals surface area contributed by atoms with Crippen LogP contribution in [0.1, 0.15) is 22.3 Å². The van der Waals surface area contributed by atoms with Crippen molar-refractivity contribution in [3.8, 4) is 23.0 Å². The van der Waals surface area contributed by atoms with Crippen LogP contribution < -0.4 is 28.7 Å². The summed E-state index contributed by atoms with van der Waals surface area (Å²) in [6.07, 6.45) is 6.48. The number of nitro groups is 2. The first-order valence-corrected chi connectivity index (χ1v) is 22.2. The second kappa shape index (κ2) is 20.2. The first-order chi connectivity index (χ1) is 34.2. The van der Waals surface area contributed by atoms with Gasteiger partial charge in [-0.1, -0.05) is 84.9 Å². The maximum absolute atomic E-state index is 12.5. The highest BCUT2D eigenvalue weighted by Gasteiger charge is 2.23. The van der Waals surface area contributed by atoms with Crippen LogP contribution in [0, 0.1) is 20.2 Å². The predicted octanol–water partition coefficient (Wildman–Crippen LogP) is 15.1. The van der Waals surface area contributed by atoms with Crippen LogP contribution >= 0.6 is 0 Å². The van der Waals surface area contributed by atoms with Gasteiger partial charge < -0.3 is 28.7 Å². The summed E-state index contributed by atoms with van der Waals surface area (Å²) in [5, 5.41) is 28.9. The summed E-state index contributed by atoms with van der Waals surface area (Å²) in [6.45, 7) is 0. The van der Waals surface area contributed by atoms with Gasteiger partial charge in [-0.25, -0.2) is 0 Å². The summed E-state index contributed by atoms with van der Waals surface area (Å²) >= 11 is 0. The third kappa shape index (κ3) is 9.29. The van der Waals surface area contributed by atoms with Crippen LogP contribution in [-0.2, 0) is 0 Å². The maximum Gasteiger partial charge on any atom is 0.277 e. The Labute approximate surface area is 404 Å². The van der Waals surface area contributed by atoms with Crippen LogP contribution in [0.5, 0.6) is 23.0 Å². The minimum absolute atomic E-state index is 0.0940. The molecular weight excluding hydrogens is 881 g/mol. The van der Waals surface area contributed by atoms with E-state index in [0.717, 1.165) is 89.8 Å². The lowest BCUT2D eigenvalue weighted by Crippen LogP contribution is -2.10. The Bertz CT molecular complexity index is 3200. The number of hydrogen-bond donors (Lipinski definition) is 0. The van der Waals surface area contributed by atoms with E-state index in [9.17, 15) is 20.2 Å². The van der Waals surface area contributed by atoms with Gasteiger partial charge in [0.1, 0.15) is 23.0 Å². The molecule has 0 N–H and O–H groups in total. The molecule has 0 spiro atoms. The van der Waals surface area contributed by atoms with Gasteiger partial charge in [0.05, 0.1) is 60.8 Å². The van der Waals surface area contributed by atoms with Gasteiger partial charge in [-0.15, -0.1) is 0 Å². The molecule has 12 nitrogen and oxygen atoms in total. The van der Waals surface area contributed by atoms with Gasteiger partial charge in [-0.3, -0.25) is 20.2 Å². The van der Waals surface area contributed by atoms with E-state index in [-0.39, 0.29) is 22.5 Å². The lowest BCUT2D eigenvalue weighted by molar-refractivity contribution is -0.389. The van der Waals surface area contributed by atoms with Gasteiger partial charge in [0.25, 0.3) is 11.4 Å². The van der Waals surface area contributed by atoms with Crippen molar-refractivity contribution in [3.05, 3.63) is 224 Å². The number of rotatable bonds is 16. The Morgan fingerprint density at radius 3 is 1.03 bits per heavy atom. The van der Waals surface area contributed by atoms with E-state index in [1.54, 1.807) is 40.6 Å². The lowest BCUT2D eigenvalue weighted by Gasteiger charge is -2.27. The third-order valence-corrected chi connectivity index (χ3v) is 12.1. The maximum atomic E-state index is 12.5. The molecule has 0 aliphatic carbocycles. The molecule has 9 aromatic rings. The standard InChI is InChI=1S/C58H46N4O8/c1-67-47-29-25-45(26-30-47)59(53-33-35-57(69-3)51-11-7-5-9-49(51)53)43-21-15-39(16-22-43)13-19-41-37-56(62(65)66)42(38-55(41)61(63)64)20-14-40-17-23-44(24-18-40)60(46-27-31-48(68-2)32-28-46)54-34-36-58(70-4)52-12-8-6-10-50(52)54/h5-38H,1-4H3. The highest BCUT2D eigenvalue weighted by Crippen LogP contribution is 2.44. The highest BCUT2D eigenvalue weighted by molar-refractivity contribution is 6.03. The van der Waals surface area contributed by atoms with E-state index in [1.807, 2.05) is 158 Å². The van der Waals surface area contributed by atoms with Crippen LogP contribution in [0.4, 0.5) is 45.5 Å². The number of nitrogens with zero attached hydrogens (tertiary/aromatic N) is 4. The molecule has 0 atom stereocenters. The van der Waals surface area contributed by atoms with Gasteiger partial charge in [-0.2, -0.15) is 0 Å². The number of hydrogen-bond acceptors (Lipinski definition) is 10. The van der Waals surface area contributed by atoms with Gasteiger partial charge in [0.15, 0.2) is 0 Å². The molecule has 0 heterocycles. The van der Waals surface area contributed by atoms with Crippen molar-refractivity contribution in [3.63, 3.8) is 0 Å². The normalized spacial score (nSPS) is 11.3. The van der Waals surface area contributed by atoms with Crippen molar-refractivity contribution in [2.24, 2.45) is 0 Å². The number of nitro benzene ring substituents is 2. The second-order valence-corrected chi connectivity index (χ2v) is 16.1. The molecule has 0 radical (unpaired) electrons. The van der Waals surface area contributed by atoms with Crippen molar-refractivity contribution in [1.29, 1.82) is 0 Å². The SMILES string of the molecule is COc1ccc(N(c2ccc(C=Cc3cc([N+](=O)[O-])c(C=Cc4ccc(N(c5ccc(OC)cc5)c5ccc(OC)c6ccccc56)cc4)cc3[N+](=O)[O-])cc2)c2ccc(OC)c3ccccc23)cc1. The highest BCUT2D eigenvalue weighted by atomic mass is 16.6. The lowest BCUT2D eigenvalue weighted by atomic mass is 10.0. The number of ether oxygens (including phenoxy) is 4. The summed E-state index contributed by atoms with van der Waals surface area (Å²) in [7, 11) is 6.55. The van der Waals surface area contributed by atoms with Crippen molar-refractivity contribution in [2.45, 2.75) is 0 Å². The molecule has 0 amide bonds. The number of anilines is 6. The quantitative estimate of drug-likeness (QED) is 0.0524. The fourth-order valence-electron chi connectivity index (χ4n) is 8.61. The molecule has 0 unspecified atom stereocenters. The Balaban J connectivity index is 1.01. The molecule has 346 valence electrons. The summed E-state index contributed by atoms with van der Waals surface area (Å²) in [5.41, 5.74) is 6.44. The van der Waals surface area contributed by atoms with Crippen molar-refractivity contribution < 1.29 is 28.8 Å². The summed E-state index contributed by atoms with van der Waals surface area (Å²) in [4.78, 5) is 28.3. The molecule has 70 heavy (non-hydrogen) atoms. The van der Waals surface area contributed by atoms with Gasteiger partial charge >= 0.3 is 0 Å². The Hall–Kier alpha value is -9.42. The van der Waals surface area contributed by atoms with E-state index in [0.29, 0.717) is 0 Å². The molecule has 0 aromatic heterocycles. The fraction of sp³-hybridized carbons (Fsp3) is 0.0690. The zero-order valence-electron chi connectivity index (χ0n) is 38.7. The van der Waals surface area contributed by atoms with Gasteiger partial charge in [0, 0.05) is 56.4 Å². The monoisotopic (exact) mass is 926 g/mol. The summed E-state index contributed by atoms with van der Waals surface area (Å²) in [5.74, 6) is 2.96. The van der Waals surface area contributed by atoms with E-state index < -0.39 is 9.85 Å². The Kier molecular flexibility index (Phi) is 13.2. The van der Waals surface area contributed by atoms with Gasteiger partial charge in [-0.05, 0) is 120 Å². The Morgan fingerprint density at radius 2 is 0.714 bits per heavy atom. The molecule has 9 rings (SSSR count). The predicted molar refractivity (Wildman–Crippen MR) is 281 cm³/mol. The first-order valence-electron chi connectivity index (χ1n) is 22.2. The van der Waals surface area contributed by atoms with E-state index >= 15 is 0 Å². The largest absolute Gasteiger partial charge is 0.497 e. The molecular formula is C58H46N4O8. The summed E-state index contributed by atoms with van der Waals surface area (Å²) < 4.78 is 22.3. The molecule has 0 saturated heterocycles. The summed E-state index contributed by atoms with van der Waals surface area (Å²) in [6, 6.07) is 57.4. The van der Waals surface area contributed by atoms with Gasteiger partial charge in [0.2, 0.25) is 0 Å². The van der Waals surface area contributed by atoms with Crippen LogP contribution in [0.2, 0.25) is 0 Å². The smallest absolute Gasteiger partial charge is 0.277 e. The zero-order valence-corrected chi connectivity index (χ0v) is 38.7. The zero-order chi connectivity index (χ0) is 48.7. The first kappa shape index (κ1) is 45.7. The van der Waals surface area contributed by atoms with Crippen LogP contribution in [-0.4, -0.2) is 38.3 Å². The molecule has 0 bridgehead atoms. The van der Waals surface area contributed by atoms with Crippen molar-refractivity contribution in [2.75, 3.05) is 38.2 Å². The molecule has 0 aliphatic heterocycles. The minimum Gasteiger partial charge on any atom is -0.497 e. The number of methoxy groups -OCH3 is 4. The van der Waals surface area contributed by atoms with E-state index in [2.05, 4.69) is 21.9 Å². The van der Waals surface area contributed by atoms with Crippen molar-refractivity contribution >= 4 is 91.3 Å². The molecule has 9 aromatic carbocycles. The van der Waals surface area contributed by atoms with E-state index in [4.69, 9.17) is 18.9 Å².